The van der Waals surface area contributed by atoms with E-state index < -0.39 is 0 Å². The number of nitrogens with zero attached hydrogens (tertiary/aromatic N) is 1. The number of methoxy groups -OCH3 is 1. The lowest BCUT2D eigenvalue weighted by molar-refractivity contribution is 0.0937. The number of anilines is 1. The molecular weight excluding hydrogens is 404 g/mol. The SMILES string of the molecule is CCOc1ccc(C(C)NC(=O)c2ccoc2CN2c3ccccc3CC2C)cc1OC. The van der Waals surface area contributed by atoms with E-state index in [1.807, 2.05) is 38.1 Å². The van der Waals surface area contributed by atoms with E-state index in [0.29, 0.717) is 42.0 Å². The summed E-state index contributed by atoms with van der Waals surface area (Å²) in [5.74, 6) is 1.85. The molecule has 2 unspecified atom stereocenters. The van der Waals surface area contributed by atoms with Crippen LogP contribution in [0.4, 0.5) is 5.69 Å². The molecule has 0 radical (unpaired) electrons. The van der Waals surface area contributed by atoms with Crippen molar-refractivity contribution in [3.63, 3.8) is 0 Å². The third-order valence-electron chi connectivity index (χ3n) is 5.99. The van der Waals surface area contributed by atoms with Gasteiger partial charge in [-0.25, -0.2) is 0 Å². The van der Waals surface area contributed by atoms with Crippen molar-refractivity contribution in [3.05, 3.63) is 77.2 Å². The standard InChI is InChI=1S/C26H30N2O4/c1-5-31-23-11-10-19(15-24(23)30-4)18(3)27-26(29)21-12-13-32-25(21)16-28-17(2)14-20-8-6-7-9-22(20)28/h6-13,15,17-18H,5,14,16H2,1-4H3,(H,27,29). The Labute approximate surface area is 189 Å². The molecule has 0 saturated carbocycles. The Morgan fingerprint density at radius 3 is 2.81 bits per heavy atom. The highest BCUT2D eigenvalue weighted by molar-refractivity contribution is 5.95. The molecule has 2 atom stereocenters. The van der Waals surface area contributed by atoms with Gasteiger partial charge in [-0.1, -0.05) is 24.3 Å². The minimum atomic E-state index is -0.207. The summed E-state index contributed by atoms with van der Waals surface area (Å²) < 4.78 is 16.8. The molecule has 0 saturated heterocycles. The zero-order valence-electron chi connectivity index (χ0n) is 19.1. The maximum absolute atomic E-state index is 13.1. The van der Waals surface area contributed by atoms with Crippen LogP contribution in [0.5, 0.6) is 11.5 Å². The fraction of sp³-hybridized carbons (Fsp3) is 0.346. The molecule has 168 valence electrons. The van der Waals surface area contributed by atoms with E-state index in [1.165, 1.54) is 11.3 Å². The maximum atomic E-state index is 13.1. The largest absolute Gasteiger partial charge is 0.493 e. The molecule has 32 heavy (non-hydrogen) atoms. The summed E-state index contributed by atoms with van der Waals surface area (Å²) in [7, 11) is 1.61. The van der Waals surface area contributed by atoms with Crippen LogP contribution in [0.15, 0.2) is 59.2 Å². The summed E-state index contributed by atoms with van der Waals surface area (Å²) in [6.45, 7) is 7.19. The highest BCUT2D eigenvalue weighted by Gasteiger charge is 2.28. The van der Waals surface area contributed by atoms with Crippen molar-refractivity contribution in [1.82, 2.24) is 5.32 Å². The number of para-hydroxylation sites is 1. The fourth-order valence-electron chi connectivity index (χ4n) is 4.28. The third-order valence-corrected chi connectivity index (χ3v) is 5.99. The van der Waals surface area contributed by atoms with Crippen LogP contribution < -0.4 is 19.7 Å². The van der Waals surface area contributed by atoms with Gasteiger partial charge < -0.3 is 24.1 Å². The average molecular weight is 435 g/mol. The molecule has 0 fully saturated rings. The van der Waals surface area contributed by atoms with Gasteiger partial charge in [0.15, 0.2) is 11.5 Å². The summed E-state index contributed by atoms with van der Waals surface area (Å²) >= 11 is 0. The fourth-order valence-corrected chi connectivity index (χ4v) is 4.28. The Hall–Kier alpha value is -3.41. The second-order valence-electron chi connectivity index (χ2n) is 8.11. The number of carbonyl (C=O) groups is 1. The molecule has 1 aromatic heterocycles. The Morgan fingerprint density at radius 1 is 1.22 bits per heavy atom. The van der Waals surface area contributed by atoms with Gasteiger partial charge in [-0.05, 0) is 62.6 Å². The molecular formula is C26H30N2O4. The first-order chi connectivity index (χ1) is 15.5. The van der Waals surface area contributed by atoms with Crippen LogP contribution in [0, 0.1) is 0 Å². The first-order valence-corrected chi connectivity index (χ1v) is 11.0. The summed E-state index contributed by atoms with van der Waals surface area (Å²) in [5, 5.41) is 3.08. The number of nitrogens with one attached hydrogen (secondary N) is 1. The monoisotopic (exact) mass is 434 g/mol. The summed E-state index contributed by atoms with van der Waals surface area (Å²) in [5.41, 5.74) is 4.03. The molecule has 2 aromatic carbocycles. The quantitative estimate of drug-likeness (QED) is 0.533. The summed E-state index contributed by atoms with van der Waals surface area (Å²) in [4.78, 5) is 15.4. The van der Waals surface area contributed by atoms with Crippen molar-refractivity contribution in [3.8, 4) is 11.5 Å². The molecule has 1 aliphatic rings. The Morgan fingerprint density at radius 2 is 2.03 bits per heavy atom. The molecule has 4 rings (SSSR count). The average Bonchev–Trinajstić information content (AvgIpc) is 3.39. The number of carbonyl (C=O) groups excluding carboxylic acids is 1. The predicted octanol–water partition coefficient (Wildman–Crippen LogP) is 5.13. The van der Waals surface area contributed by atoms with E-state index in [9.17, 15) is 4.79 Å². The van der Waals surface area contributed by atoms with E-state index in [2.05, 4.69) is 35.3 Å². The smallest absolute Gasteiger partial charge is 0.255 e. The van der Waals surface area contributed by atoms with E-state index in [4.69, 9.17) is 13.9 Å². The minimum absolute atomic E-state index is 0.158. The normalized spacial score (nSPS) is 15.9. The maximum Gasteiger partial charge on any atom is 0.255 e. The minimum Gasteiger partial charge on any atom is -0.493 e. The van der Waals surface area contributed by atoms with Crippen LogP contribution >= 0.6 is 0 Å². The van der Waals surface area contributed by atoms with Crippen LogP contribution in [-0.2, 0) is 13.0 Å². The predicted molar refractivity (Wildman–Crippen MR) is 125 cm³/mol. The number of rotatable bonds is 8. The number of amides is 1. The lowest BCUT2D eigenvalue weighted by atomic mass is 10.1. The van der Waals surface area contributed by atoms with E-state index in [1.54, 1.807) is 19.4 Å². The van der Waals surface area contributed by atoms with Gasteiger partial charge >= 0.3 is 0 Å². The van der Waals surface area contributed by atoms with Crippen LogP contribution in [0.2, 0.25) is 0 Å². The van der Waals surface area contributed by atoms with Crippen LogP contribution in [0.3, 0.4) is 0 Å². The zero-order chi connectivity index (χ0) is 22.7. The van der Waals surface area contributed by atoms with Gasteiger partial charge in [0.25, 0.3) is 5.91 Å². The molecule has 0 aliphatic carbocycles. The van der Waals surface area contributed by atoms with Crippen molar-refractivity contribution in [2.75, 3.05) is 18.6 Å². The number of ether oxygens (including phenoxy) is 2. The Bertz CT molecular complexity index is 1090. The van der Waals surface area contributed by atoms with Crippen molar-refractivity contribution >= 4 is 11.6 Å². The lowest BCUT2D eigenvalue weighted by Crippen LogP contribution is -2.31. The lowest BCUT2D eigenvalue weighted by Gasteiger charge is -2.24. The van der Waals surface area contributed by atoms with Gasteiger partial charge in [-0.3, -0.25) is 4.79 Å². The van der Waals surface area contributed by atoms with E-state index in [0.717, 1.165) is 12.0 Å². The van der Waals surface area contributed by atoms with Crippen LogP contribution in [0.1, 0.15) is 54.1 Å². The highest BCUT2D eigenvalue weighted by Crippen LogP contribution is 2.34. The van der Waals surface area contributed by atoms with E-state index >= 15 is 0 Å². The molecule has 3 aromatic rings. The van der Waals surface area contributed by atoms with Crippen molar-refractivity contribution in [2.45, 2.75) is 45.8 Å². The van der Waals surface area contributed by atoms with Crippen molar-refractivity contribution < 1.29 is 18.7 Å². The molecule has 6 nitrogen and oxygen atoms in total. The van der Waals surface area contributed by atoms with Crippen molar-refractivity contribution in [1.29, 1.82) is 0 Å². The summed E-state index contributed by atoms with van der Waals surface area (Å²) in [6.07, 6.45) is 2.58. The second-order valence-corrected chi connectivity index (χ2v) is 8.11. The number of hydrogen-bond acceptors (Lipinski definition) is 5. The van der Waals surface area contributed by atoms with Crippen LogP contribution in [-0.4, -0.2) is 25.7 Å². The van der Waals surface area contributed by atoms with Crippen molar-refractivity contribution in [2.24, 2.45) is 0 Å². The third kappa shape index (κ3) is 4.31. The van der Waals surface area contributed by atoms with Gasteiger partial charge in [-0.2, -0.15) is 0 Å². The van der Waals surface area contributed by atoms with E-state index in [-0.39, 0.29) is 11.9 Å². The van der Waals surface area contributed by atoms with Gasteiger partial charge in [0.1, 0.15) is 5.76 Å². The number of fused-ring (bicyclic) bond motifs is 1. The Balaban J connectivity index is 1.48. The van der Waals surface area contributed by atoms with Gasteiger partial charge in [0.05, 0.1) is 38.1 Å². The molecule has 0 bridgehead atoms. The highest BCUT2D eigenvalue weighted by atomic mass is 16.5. The number of furan rings is 1. The van der Waals surface area contributed by atoms with Gasteiger partial charge in [0, 0.05) is 11.7 Å². The van der Waals surface area contributed by atoms with Gasteiger partial charge in [-0.15, -0.1) is 0 Å². The first-order valence-electron chi connectivity index (χ1n) is 11.0. The number of hydrogen-bond donors (Lipinski definition) is 1. The Kier molecular flexibility index (Phi) is 6.40. The molecule has 1 amide bonds. The zero-order valence-corrected chi connectivity index (χ0v) is 19.1. The van der Waals surface area contributed by atoms with Crippen LogP contribution in [0.25, 0.3) is 0 Å². The summed E-state index contributed by atoms with van der Waals surface area (Å²) in [6, 6.07) is 16.0. The molecule has 1 aliphatic heterocycles. The molecule has 0 spiro atoms. The molecule has 6 heteroatoms. The molecule has 2 heterocycles. The first kappa shape index (κ1) is 21.8. The molecule has 1 N–H and O–H groups in total. The number of benzene rings is 2. The second kappa shape index (κ2) is 9.39. The van der Waals surface area contributed by atoms with Gasteiger partial charge in [0.2, 0.25) is 0 Å². The topological polar surface area (TPSA) is 63.9 Å².